The molecule has 0 unspecified atom stereocenters. The zero-order valence-corrected chi connectivity index (χ0v) is 24.7. The number of nitrogens with zero attached hydrogens (tertiary/aromatic N) is 3. The van der Waals surface area contributed by atoms with E-state index < -0.39 is 36.1 Å². The Bertz CT molecular complexity index is 1470. The number of aromatic nitrogens is 1. The van der Waals surface area contributed by atoms with E-state index in [1.807, 2.05) is 6.07 Å². The second kappa shape index (κ2) is 13.4. The topological polar surface area (TPSA) is 117 Å². The lowest BCUT2D eigenvalue weighted by Gasteiger charge is -2.24. The van der Waals surface area contributed by atoms with Crippen molar-refractivity contribution in [3.8, 4) is 5.75 Å². The van der Waals surface area contributed by atoms with Crippen molar-refractivity contribution in [1.82, 2.24) is 9.47 Å². The molecule has 0 fully saturated rings. The molecular weight excluding hydrogens is 554 g/mol. The van der Waals surface area contributed by atoms with Crippen molar-refractivity contribution in [3.05, 3.63) is 69.5 Å². The molecule has 1 heterocycles. The number of carbonyl (C=O) groups is 3. The summed E-state index contributed by atoms with van der Waals surface area (Å²) in [5, 5.41) is 0.539. The van der Waals surface area contributed by atoms with Crippen LogP contribution in [0.25, 0.3) is 10.9 Å². The lowest BCUT2D eigenvalue weighted by atomic mass is 10.1. The maximum absolute atomic E-state index is 13.8. The maximum Gasteiger partial charge on any atom is 0.511 e. The fourth-order valence-electron chi connectivity index (χ4n) is 3.91. The van der Waals surface area contributed by atoms with Gasteiger partial charge in [-0.3, -0.25) is 9.59 Å². The van der Waals surface area contributed by atoms with Crippen LogP contribution in [-0.4, -0.2) is 66.8 Å². The van der Waals surface area contributed by atoms with E-state index >= 15 is 0 Å². The summed E-state index contributed by atoms with van der Waals surface area (Å²) < 4.78 is 22.4. The number of likely N-dealkylation sites (N-methyl/N-ethyl adjacent to an activating group) is 1. The van der Waals surface area contributed by atoms with E-state index in [4.69, 9.17) is 30.5 Å². The zero-order valence-electron chi connectivity index (χ0n) is 23.9. The molecule has 0 aliphatic rings. The monoisotopic (exact) mass is 587 g/mol. The number of fused-ring (bicyclic) bond motifs is 1. The second-order valence-corrected chi connectivity index (χ2v) is 10.4. The second-order valence-electron chi connectivity index (χ2n) is 9.99. The molecule has 11 nitrogen and oxygen atoms in total. The highest BCUT2D eigenvalue weighted by Gasteiger charge is 2.28. The lowest BCUT2D eigenvalue weighted by Crippen LogP contribution is -2.37. The van der Waals surface area contributed by atoms with Crippen molar-refractivity contribution in [2.24, 2.45) is 7.05 Å². The zero-order chi connectivity index (χ0) is 30.3. The first kappa shape index (κ1) is 31.3. The number of pyridine rings is 1. The van der Waals surface area contributed by atoms with E-state index in [-0.39, 0.29) is 36.0 Å². The first-order valence-electron chi connectivity index (χ1n) is 12.9. The Hall–Kier alpha value is -4.25. The number of anilines is 1. The van der Waals surface area contributed by atoms with Crippen molar-refractivity contribution < 1.29 is 33.3 Å². The first-order valence-corrected chi connectivity index (χ1v) is 13.3. The Balaban J connectivity index is 1.81. The third kappa shape index (κ3) is 7.69. The molecule has 0 N–H and O–H groups in total. The molecule has 0 atom stereocenters. The van der Waals surface area contributed by atoms with Crippen LogP contribution in [0.4, 0.5) is 15.3 Å². The molecule has 41 heavy (non-hydrogen) atoms. The molecule has 12 heteroatoms. The number of hydrogen-bond donors (Lipinski definition) is 0. The molecule has 0 saturated carbocycles. The van der Waals surface area contributed by atoms with Crippen LogP contribution in [0.5, 0.6) is 5.75 Å². The van der Waals surface area contributed by atoms with E-state index in [0.717, 1.165) is 0 Å². The SMILES string of the molecule is CCN(C(=O)c1c(OCOC(=O)OCCN(C)C(=O)OC(C)(C)C)c2c(Cl)cccc2n(C)c1=O)c1ccccc1. The Morgan fingerprint density at radius 3 is 2.32 bits per heavy atom. The predicted octanol–water partition coefficient (Wildman–Crippen LogP) is 5.22. The third-order valence-electron chi connectivity index (χ3n) is 5.90. The van der Waals surface area contributed by atoms with Crippen LogP contribution in [0.2, 0.25) is 5.02 Å². The van der Waals surface area contributed by atoms with Gasteiger partial charge in [-0.2, -0.15) is 0 Å². The van der Waals surface area contributed by atoms with Gasteiger partial charge in [0.05, 0.1) is 22.5 Å². The average molecular weight is 588 g/mol. The normalized spacial score (nSPS) is 11.1. The van der Waals surface area contributed by atoms with E-state index in [1.165, 1.54) is 28.5 Å². The summed E-state index contributed by atoms with van der Waals surface area (Å²) in [6, 6.07) is 13.8. The fraction of sp³-hybridized carbons (Fsp3) is 0.379. The van der Waals surface area contributed by atoms with Gasteiger partial charge in [0.25, 0.3) is 11.5 Å². The van der Waals surface area contributed by atoms with Gasteiger partial charge in [-0.05, 0) is 52.0 Å². The molecule has 0 radical (unpaired) electrons. The van der Waals surface area contributed by atoms with Gasteiger partial charge in [0.15, 0.2) is 5.75 Å². The highest BCUT2D eigenvalue weighted by Crippen LogP contribution is 2.34. The van der Waals surface area contributed by atoms with Crippen LogP contribution >= 0.6 is 11.6 Å². The van der Waals surface area contributed by atoms with Crippen molar-refractivity contribution in [2.75, 3.05) is 38.4 Å². The van der Waals surface area contributed by atoms with E-state index in [2.05, 4.69) is 0 Å². The molecule has 0 aliphatic carbocycles. The molecule has 1 aromatic heterocycles. The molecule has 220 valence electrons. The molecule has 2 aromatic carbocycles. The third-order valence-corrected chi connectivity index (χ3v) is 6.22. The molecule has 3 aromatic rings. The van der Waals surface area contributed by atoms with Gasteiger partial charge in [-0.1, -0.05) is 35.9 Å². The summed E-state index contributed by atoms with van der Waals surface area (Å²) in [6.07, 6.45) is -1.64. The summed E-state index contributed by atoms with van der Waals surface area (Å²) in [4.78, 5) is 54.2. The van der Waals surface area contributed by atoms with Gasteiger partial charge in [-0.25, -0.2) is 9.59 Å². The largest absolute Gasteiger partial charge is 0.511 e. The summed E-state index contributed by atoms with van der Waals surface area (Å²) in [5.74, 6) is -0.727. The van der Waals surface area contributed by atoms with E-state index in [9.17, 15) is 19.2 Å². The van der Waals surface area contributed by atoms with Crippen molar-refractivity contribution in [1.29, 1.82) is 0 Å². The van der Waals surface area contributed by atoms with Crippen molar-refractivity contribution in [2.45, 2.75) is 33.3 Å². The number of rotatable bonds is 9. The highest BCUT2D eigenvalue weighted by atomic mass is 35.5. The predicted molar refractivity (Wildman–Crippen MR) is 155 cm³/mol. The maximum atomic E-state index is 13.8. The van der Waals surface area contributed by atoms with Gasteiger partial charge in [0.2, 0.25) is 6.79 Å². The summed E-state index contributed by atoms with van der Waals surface area (Å²) in [6.45, 7) is 6.50. The minimum Gasteiger partial charge on any atom is -0.455 e. The van der Waals surface area contributed by atoms with Crippen LogP contribution in [0.1, 0.15) is 38.1 Å². The molecule has 2 amide bonds. The molecule has 0 aliphatic heterocycles. The van der Waals surface area contributed by atoms with Crippen LogP contribution in [0.15, 0.2) is 53.3 Å². The summed E-state index contributed by atoms with van der Waals surface area (Å²) >= 11 is 6.50. The smallest absolute Gasteiger partial charge is 0.455 e. The van der Waals surface area contributed by atoms with E-state index in [0.29, 0.717) is 16.6 Å². The van der Waals surface area contributed by atoms with Gasteiger partial charge >= 0.3 is 12.2 Å². The van der Waals surface area contributed by atoms with Gasteiger partial charge in [0.1, 0.15) is 17.8 Å². The average Bonchev–Trinajstić information content (AvgIpc) is 2.91. The quantitative estimate of drug-likeness (QED) is 0.247. The first-order chi connectivity index (χ1) is 19.4. The molecule has 0 saturated heterocycles. The van der Waals surface area contributed by atoms with Gasteiger partial charge in [0, 0.05) is 26.3 Å². The van der Waals surface area contributed by atoms with E-state index in [1.54, 1.807) is 70.2 Å². The Kier molecular flexibility index (Phi) is 10.2. The number of aryl methyl sites for hydroxylation is 1. The Morgan fingerprint density at radius 1 is 1.00 bits per heavy atom. The van der Waals surface area contributed by atoms with Crippen LogP contribution < -0.4 is 15.2 Å². The van der Waals surface area contributed by atoms with Crippen molar-refractivity contribution >= 4 is 46.3 Å². The number of hydrogen-bond acceptors (Lipinski definition) is 8. The fourth-order valence-corrected chi connectivity index (χ4v) is 4.17. The minimum absolute atomic E-state index is 0.0603. The van der Waals surface area contributed by atoms with Crippen LogP contribution in [0, 0.1) is 0 Å². The number of carbonyl (C=O) groups excluding carboxylic acids is 3. The number of benzene rings is 2. The summed E-state index contributed by atoms with van der Waals surface area (Å²) in [5.41, 5.74) is -0.534. The lowest BCUT2D eigenvalue weighted by molar-refractivity contribution is -0.00230. The minimum atomic E-state index is -1.07. The number of halogens is 1. The number of amides is 2. The van der Waals surface area contributed by atoms with Gasteiger partial charge < -0.3 is 33.3 Å². The molecular formula is C29H34ClN3O8. The van der Waals surface area contributed by atoms with Crippen LogP contribution in [0.3, 0.4) is 0 Å². The Labute approximate surface area is 243 Å². The molecule has 0 bridgehead atoms. The Morgan fingerprint density at radius 2 is 1.68 bits per heavy atom. The number of ether oxygens (including phenoxy) is 4. The van der Waals surface area contributed by atoms with Gasteiger partial charge in [-0.15, -0.1) is 0 Å². The standard InChI is InChI=1S/C29H34ClN3O8/c1-7-33(19-12-9-8-10-13-19)26(35)23-24(22-20(30)14-11-15-21(22)32(6)25(23)34)39-18-40-28(37)38-17-16-31(5)27(36)41-29(2,3)4/h8-15H,7,16-18H2,1-6H3. The van der Waals surface area contributed by atoms with Crippen molar-refractivity contribution in [3.63, 3.8) is 0 Å². The highest BCUT2D eigenvalue weighted by molar-refractivity contribution is 6.36. The summed E-state index contributed by atoms with van der Waals surface area (Å²) in [7, 11) is 3.03. The number of para-hydroxylation sites is 1. The molecule has 0 spiro atoms. The van der Waals surface area contributed by atoms with Crippen LogP contribution in [-0.2, 0) is 21.3 Å². The molecule has 3 rings (SSSR count).